The highest BCUT2D eigenvalue weighted by Gasteiger charge is 2.04. The van der Waals surface area contributed by atoms with E-state index in [1.807, 2.05) is 18.4 Å². The summed E-state index contributed by atoms with van der Waals surface area (Å²) in [6.07, 6.45) is 1.99. The van der Waals surface area contributed by atoms with Crippen molar-refractivity contribution in [3.8, 4) is 5.75 Å². The van der Waals surface area contributed by atoms with E-state index in [0.717, 1.165) is 4.90 Å². The summed E-state index contributed by atoms with van der Waals surface area (Å²) in [6.45, 7) is 3.38. The van der Waals surface area contributed by atoms with Crippen LogP contribution < -0.4 is 4.74 Å². The van der Waals surface area contributed by atoms with Crippen LogP contribution in [0.2, 0.25) is 0 Å². The number of benzene rings is 1. The van der Waals surface area contributed by atoms with Crippen LogP contribution in [0.4, 0.5) is 0 Å². The van der Waals surface area contributed by atoms with E-state index in [1.54, 1.807) is 23.9 Å². The van der Waals surface area contributed by atoms with Gasteiger partial charge in [0, 0.05) is 4.90 Å². The smallest absolute Gasteiger partial charge is 0.334 e. The standard InChI is InChI=1S/C11H12O3S/c1-8(11(12)13)7-14-9-3-5-10(15-2)6-4-9/h3-6H,1,7H2,2H3,(H,12,13). The Hall–Kier alpha value is -1.42. The van der Waals surface area contributed by atoms with Crippen LogP contribution in [-0.4, -0.2) is 23.9 Å². The summed E-state index contributed by atoms with van der Waals surface area (Å²) >= 11 is 1.64. The minimum Gasteiger partial charge on any atom is -0.489 e. The SMILES string of the molecule is C=C(COc1ccc(SC)cc1)C(=O)O. The molecule has 0 atom stereocenters. The van der Waals surface area contributed by atoms with Crippen molar-refractivity contribution >= 4 is 17.7 Å². The molecule has 0 heterocycles. The number of thioether (sulfide) groups is 1. The third kappa shape index (κ3) is 3.67. The van der Waals surface area contributed by atoms with E-state index in [0.29, 0.717) is 5.75 Å². The van der Waals surface area contributed by atoms with Gasteiger partial charge in [-0.05, 0) is 30.5 Å². The lowest BCUT2D eigenvalue weighted by Gasteiger charge is -2.05. The number of hydrogen-bond donors (Lipinski definition) is 1. The van der Waals surface area contributed by atoms with Crippen molar-refractivity contribution in [3.63, 3.8) is 0 Å². The van der Waals surface area contributed by atoms with Crippen LogP contribution >= 0.6 is 11.8 Å². The number of hydrogen-bond acceptors (Lipinski definition) is 3. The van der Waals surface area contributed by atoms with E-state index in [-0.39, 0.29) is 12.2 Å². The second-order valence-corrected chi connectivity index (χ2v) is 3.75. The van der Waals surface area contributed by atoms with E-state index in [2.05, 4.69) is 6.58 Å². The first-order chi connectivity index (χ1) is 7.13. The molecule has 0 aromatic heterocycles. The summed E-state index contributed by atoms with van der Waals surface area (Å²) in [6, 6.07) is 7.45. The molecule has 80 valence electrons. The van der Waals surface area contributed by atoms with Crippen molar-refractivity contribution in [3.05, 3.63) is 36.4 Å². The Bertz CT molecular complexity index is 357. The fraction of sp³-hybridized carbons (Fsp3) is 0.182. The highest BCUT2D eigenvalue weighted by molar-refractivity contribution is 7.98. The van der Waals surface area contributed by atoms with Crippen molar-refractivity contribution in [1.29, 1.82) is 0 Å². The normalized spacial score (nSPS) is 9.67. The van der Waals surface area contributed by atoms with Gasteiger partial charge in [0.2, 0.25) is 0 Å². The van der Waals surface area contributed by atoms with Gasteiger partial charge in [-0.2, -0.15) is 0 Å². The van der Waals surface area contributed by atoms with Gasteiger partial charge < -0.3 is 9.84 Å². The van der Waals surface area contributed by atoms with Gasteiger partial charge in [-0.15, -0.1) is 11.8 Å². The summed E-state index contributed by atoms with van der Waals surface area (Å²) in [5, 5.41) is 8.56. The highest BCUT2D eigenvalue weighted by Crippen LogP contribution is 2.19. The van der Waals surface area contributed by atoms with E-state index in [1.165, 1.54) is 0 Å². The molecule has 0 amide bonds. The zero-order chi connectivity index (χ0) is 11.3. The molecule has 0 bridgehead atoms. The maximum atomic E-state index is 10.4. The van der Waals surface area contributed by atoms with Crippen molar-refractivity contribution in [1.82, 2.24) is 0 Å². The van der Waals surface area contributed by atoms with Crippen LogP contribution in [0, 0.1) is 0 Å². The van der Waals surface area contributed by atoms with Gasteiger partial charge in [0.15, 0.2) is 0 Å². The van der Waals surface area contributed by atoms with Gasteiger partial charge in [0.25, 0.3) is 0 Å². The molecule has 3 nitrogen and oxygen atoms in total. The molecule has 0 aliphatic heterocycles. The number of aliphatic carboxylic acids is 1. The average Bonchev–Trinajstić information content (AvgIpc) is 2.26. The largest absolute Gasteiger partial charge is 0.489 e. The molecule has 1 aromatic rings. The van der Waals surface area contributed by atoms with Crippen LogP contribution in [0.15, 0.2) is 41.3 Å². The quantitative estimate of drug-likeness (QED) is 0.616. The van der Waals surface area contributed by atoms with Crippen molar-refractivity contribution in [2.75, 3.05) is 12.9 Å². The van der Waals surface area contributed by atoms with Crippen molar-refractivity contribution < 1.29 is 14.6 Å². The number of carbonyl (C=O) groups is 1. The second kappa shape index (κ2) is 5.46. The molecule has 1 rings (SSSR count). The summed E-state index contributed by atoms with van der Waals surface area (Å²) in [4.78, 5) is 11.6. The third-order valence-electron chi connectivity index (χ3n) is 1.77. The second-order valence-electron chi connectivity index (χ2n) is 2.87. The third-order valence-corrected chi connectivity index (χ3v) is 2.52. The summed E-state index contributed by atoms with van der Waals surface area (Å²) < 4.78 is 5.24. The molecular weight excluding hydrogens is 212 g/mol. The zero-order valence-corrected chi connectivity index (χ0v) is 9.21. The summed E-state index contributed by atoms with van der Waals surface area (Å²) in [7, 11) is 0. The van der Waals surface area contributed by atoms with Gasteiger partial charge in [0.1, 0.15) is 12.4 Å². The first kappa shape index (κ1) is 11.7. The zero-order valence-electron chi connectivity index (χ0n) is 8.40. The van der Waals surface area contributed by atoms with Crippen LogP contribution in [0.5, 0.6) is 5.75 Å². The Kier molecular flexibility index (Phi) is 4.24. The molecule has 0 radical (unpaired) electrons. The molecule has 0 unspecified atom stereocenters. The Labute approximate surface area is 92.8 Å². The minimum absolute atomic E-state index is 0.00788. The molecule has 15 heavy (non-hydrogen) atoms. The molecular formula is C11H12O3S. The molecule has 0 saturated carbocycles. The molecule has 0 spiro atoms. The van der Waals surface area contributed by atoms with E-state index in [9.17, 15) is 4.79 Å². The number of carboxylic acids is 1. The minimum atomic E-state index is -1.03. The van der Waals surface area contributed by atoms with Crippen molar-refractivity contribution in [2.24, 2.45) is 0 Å². The lowest BCUT2D eigenvalue weighted by Crippen LogP contribution is -2.08. The van der Waals surface area contributed by atoms with Gasteiger partial charge in [0.05, 0.1) is 5.57 Å². The van der Waals surface area contributed by atoms with E-state index < -0.39 is 5.97 Å². The monoisotopic (exact) mass is 224 g/mol. The molecule has 1 aromatic carbocycles. The molecule has 0 aliphatic carbocycles. The number of carboxylic acid groups (broad SMARTS) is 1. The van der Waals surface area contributed by atoms with Crippen LogP contribution in [0.3, 0.4) is 0 Å². The number of rotatable bonds is 5. The predicted molar refractivity (Wildman–Crippen MR) is 60.5 cm³/mol. The molecule has 0 aliphatic rings. The Morgan fingerprint density at radius 2 is 2.07 bits per heavy atom. The van der Waals surface area contributed by atoms with Crippen LogP contribution in [0.25, 0.3) is 0 Å². The molecule has 0 fully saturated rings. The van der Waals surface area contributed by atoms with Gasteiger partial charge in [-0.25, -0.2) is 4.79 Å². The predicted octanol–water partition coefficient (Wildman–Crippen LogP) is 2.43. The van der Waals surface area contributed by atoms with Gasteiger partial charge >= 0.3 is 5.97 Å². The maximum absolute atomic E-state index is 10.4. The maximum Gasteiger partial charge on any atom is 0.334 e. The summed E-state index contributed by atoms with van der Waals surface area (Å²) in [5.41, 5.74) is 0.0453. The average molecular weight is 224 g/mol. The molecule has 4 heteroatoms. The highest BCUT2D eigenvalue weighted by atomic mass is 32.2. The first-order valence-corrected chi connectivity index (χ1v) is 5.54. The Balaban J connectivity index is 2.51. The van der Waals surface area contributed by atoms with Gasteiger partial charge in [-0.3, -0.25) is 0 Å². The fourth-order valence-corrected chi connectivity index (χ4v) is 1.31. The van der Waals surface area contributed by atoms with Crippen LogP contribution in [-0.2, 0) is 4.79 Å². The molecule has 0 saturated heterocycles. The van der Waals surface area contributed by atoms with E-state index in [4.69, 9.17) is 9.84 Å². The van der Waals surface area contributed by atoms with E-state index >= 15 is 0 Å². The topological polar surface area (TPSA) is 46.5 Å². The lowest BCUT2D eigenvalue weighted by molar-refractivity contribution is -0.133. The Morgan fingerprint density at radius 3 is 2.53 bits per heavy atom. The van der Waals surface area contributed by atoms with Gasteiger partial charge in [-0.1, -0.05) is 6.58 Å². The van der Waals surface area contributed by atoms with Crippen LogP contribution in [0.1, 0.15) is 0 Å². The Morgan fingerprint density at radius 1 is 1.47 bits per heavy atom. The van der Waals surface area contributed by atoms with Crippen molar-refractivity contribution in [2.45, 2.75) is 4.90 Å². The summed E-state index contributed by atoms with van der Waals surface area (Å²) in [5.74, 6) is -0.383. The fourth-order valence-electron chi connectivity index (χ4n) is 0.904. The molecule has 1 N–H and O–H groups in total. The first-order valence-electron chi connectivity index (χ1n) is 4.31. The lowest BCUT2D eigenvalue weighted by atomic mass is 10.3. The number of ether oxygens (including phenoxy) is 1.